The minimum Gasteiger partial charge on any atom is -0.382 e. The lowest BCUT2D eigenvalue weighted by Gasteiger charge is -2.31. The van der Waals surface area contributed by atoms with Crippen molar-refractivity contribution >= 4 is 40.1 Å². The number of nitrogens with two attached hydrogens (primary N) is 2. The van der Waals surface area contributed by atoms with Crippen molar-refractivity contribution in [1.29, 1.82) is 5.26 Å². The molecule has 9 nitrogen and oxygen atoms in total. The molecule has 5 rings (SSSR count). The number of fused-ring (bicyclic) bond motifs is 1. The highest BCUT2D eigenvalue weighted by Gasteiger charge is 2.38. The normalized spacial score (nSPS) is 17.5. The summed E-state index contributed by atoms with van der Waals surface area (Å²) in [5.74, 6) is -1.54. The quantitative estimate of drug-likeness (QED) is 0.425. The number of nitrogen functional groups attached to an aromatic ring is 2. The number of nitrogens with zero attached hydrogens (tertiary/aromatic N) is 6. The van der Waals surface area contributed by atoms with Crippen molar-refractivity contribution in [2.75, 3.05) is 16.4 Å². The average Bonchev–Trinajstić information content (AvgIpc) is 3.18. The van der Waals surface area contributed by atoms with Gasteiger partial charge in [0.2, 0.25) is 5.95 Å². The van der Waals surface area contributed by atoms with Crippen LogP contribution in [0.25, 0.3) is 16.6 Å². The van der Waals surface area contributed by atoms with Crippen LogP contribution in [-0.4, -0.2) is 25.6 Å². The monoisotopic (exact) mass is 508 g/mol. The number of benzene rings is 2. The number of hydrogen-bond acceptors (Lipinski definition) is 8. The molecule has 36 heavy (non-hydrogen) atoms. The fourth-order valence-corrected chi connectivity index (χ4v) is 4.97. The largest absolute Gasteiger partial charge is 0.382 e. The molecule has 12 heteroatoms. The second kappa shape index (κ2) is 8.73. The van der Waals surface area contributed by atoms with Gasteiger partial charge in [0.1, 0.15) is 34.9 Å². The van der Waals surface area contributed by atoms with Gasteiger partial charge in [-0.05, 0) is 44.0 Å². The fraction of sp³-hybridized carbons (Fsp3) is 0.208. The van der Waals surface area contributed by atoms with Crippen molar-refractivity contribution in [2.45, 2.75) is 31.8 Å². The maximum atomic E-state index is 14.2. The van der Waals surface area contributed by atoms with Crippen molar-refractivity contribution in [2.24, 2.45) is 0 Å². The topological polar surface area (TPSA) is 140 Å². The summed E-state index contributed by atoms with van der Waals surface area (Å²) < 4.78 is 29.6. The predicted octanol–water partition coefficient (Wildman–Crippen LogP) is 3.87. The molecular weight excluding hydrogens is 490 g/mol. The first-order chi connectivity index (χ1) is 17.2. The van der Waals surface area contributed by atoms with Crippen molar-refractivity contribution in [3.8, 4) is 11.8 Å². The third-order valence-corrected chi connectivity index (χ3v) is 6.55. The molecule has 1 aliphatic rings. The van der Waals surface area contributed by atoms with Crippen molar-refractivity contribution < 1.29 is 8.78 Å². The molecule has 0 aliphatic carbocycles. The minimum absolute atomic E-state index is 0.0254. The zero-order valence-corrected chi connectivity index (χ0v) is 19.7. The Bertz CT molecular complexity index is 1610. The fourth-order valence-electron chi connectivity index (χ4n) is 4.72. The summed E-state index contributed by atoms with van der Waals surface area (Å²) in [4.78, 5) is 28.4. The lowest BCUT2D eigenvalue weighted by atomic mass is 10.1. The van der Waals surface area contributed by atoms with Crippen molar-refractivity contribution in [1.82, 2.24) is 19.5 Å². The summed E-state index contributed by atoms with van der Waals surface area (Å²) in [6.07, 6.45) is 1.13. The summed E-state index contributed by atoms with van der Waals surface area (Å²) in [7, 11) is 0. The Morgan fingerprint density at radius 3 is 2.53 bits per heavy atom. The van der Waals surface area contributed by atoms with E-state index in [1.165, 1.54) is 0 Å². The highest BCUT2D eigenvalue weighted by molar-refractivity contribution is 6.35. The lowest BCUT2D eigenvalue weighted by Crippen LogP contribution is -2.36. The second-order valence-electron chi connectivity index (χ2n) is 8.50. The molecule has 3 heterocycles. The summed E-state index contributed by atoms with van der Waals surface area (Å²) >= 11 is 6.33. The van der Waals surface area contributed by atoms with Crippen LogP contribution < -0.4 is 21.9 Å². The third-order valence-electron chi connectivity index (χ3n) is 6.24. The van der Waals surface area contributed by atoms with E-state index in [1.807, 2.05) is 13.0 Å². The molecule has 1 saturated heterocycles. The van der Waals surface area contributed by atoms with Gasteiger partial charge in [0.05, 0.1) is 27.7 Å². The van der Waals surface area contributed by atoms with Crippen LogP contribution in [0, 0.1) is 23.0 Å². The number of rotatable bonds is 3. The van der Waals surface area contributed by atoms with Gasteiger partial charge < -0.3 is 16.4 Å². The molecule has 0 bridgehead atoms. The second-order valence-corrected chi connectivity index (χ2v) is 8.91. The van der Waals surface area contributed by atoms with E-state index in [0.717, 1.165) is 16.7 Å². The molecule has 0 amide bonds. The molecule has 182 valence electrons. The Hall–Kier alpha value is -4.30. The Kier molecular flexibility index (Phi) is 5.68. The van der Waals surface area contributed by atoms with Crippen molar-refractivity contribution in [3.63, 3.8) is 0 Å². The van der Waals surface area contributed by atoms with Gasteiger partial charge in [-0.25, -0.2) is 13.8 Å². The van der Waals surface area contributed by atoms with Crippen LogP contribution >= 0.6 is 11.6 Å². The summed E-state index contributed by atoms with van der Waals surface area (Å²) in [5.41, 5.74) is 11.5. The zero-order chi connectivity index (χ0) is 25.7. The first kappa shape index (κ1) is 23.4. The van der Waals surface area contributed by atoms with E-state index in [1.54, 1.807) is 23.1 Å². The number of nitriles is 1. The van der Waals surface area contributed by atoms with E-state index >= 15 is 0 Å². The molecule has 2 atom stereocenters. The van der Waals surface area contributed by atoms with Gasteiger partial charge in [-0.15, -0.1) is 0 Å². The van der Waals surface area contributed by atoms with Gasteiger partial charge in [0.25, 0.3) is 5.56 Å². The third kappa shape index (κ3) is 3.76. The number of aromatic nitrogens is 4. The van der Waals surface area contributed by atoms with Crippen molar-refractivity contribution in [3.05, 3.63) is 74.8 Å². The number of anilines is 3. The van der Waals surface area contributed by atoms with Gasteiger partial charge in [0.15, 0.2) is 5.82 Å². The maximum Gasteiger partial charge on any atom is 0.267 e. The standard InChI is InChI=1S/C24H19ClF2N8O/c1-11-5-6-18(34(11)21-15(10-28)20(29)32-24(30)33-21)22-31-17-4-2-3-16(25)19(17)23(36)35(22)14-8-12(26)7-13(27)9-14/h2-4,7-9,11,18H,5-6H2,1H3,(H4,29,30,32,33)/t11-,18-/m0/s1. The summed E-state index contributed by atoms with van der Waals surface area (Å²) in [6, 6.07) is 8.86. The predicted molar refractivity (Wildman–Crippen MR) is 132 cm³/mol. The van der Waals surface area contributed by atoms with E-state index in [2.05, 4.69) is 9.97 Å². The van der Waals surface area contributed by atoms with E-state index in [0.29, 0.717) is 24.4 Å². The van der Waals surface area contributed by atoms with Crippen LogP contribution in [0.4, 0.5) is 26.4 Å². The van der Waals surface area contributed by atoms with Gasteiger partial charge in [-0.3, -0.25) is 9.36 Å². The molecule has 0 saturated carbocycles. The van der Waals surface area contributed by atoms with E-state index in [4.69, 9.17) is 28.1 Å². The van der Waals surface area contributed by atoms with Crippen LogP contribution in [0.3, 0.4) is 0 Å². The van der Waals surface area contributed by atoms with Crippen LogP contribution in [-0.2, 0) is 0 Å². The molecule has 4 aromatic rings. The minimum atomic E-state index is -0.859. The molecule has 1 aliphatic heterocycles. The summed E-state index contributed by atoms with van der Waals surface area (Å²) in [6.45, 7) is 1.91. The molecule has 1 fully saturated rings. The molecular formula is C24H19ClF2N8O. The highest BCUT2D eigenvalue weighted by Crippen LogP contribution is 2.41. The van der Waals surface area contributed by atoms with Crippen LogP contribution in [0.1, 0.15) is 37.2 Å². The van der Waals surface area contributed by atoms with Gasteiger partial charge in [-0.2, -0.15) is 15.2 Å². The highest BCUT2D eigenvalue weighted by atomic mass is 35.5. The molecule has 2 aromatic heterocycles. The van der Waals surface area contributed by atoms with Gasteiger partial charge in [0, 0.05) is 12.1 Å². The van der Waals surface area contributed by atoms with Crippen LogP contribution in [0.5, 0.6) is 0 Å². The maximum absolute atomic E-state index is 14.2. The zero-order valence-electron chi connectivity index (χ0n) is 18.9. The molecule has 0 unspecified atom stereocenters. The summed E-state index contributed by atoms with van der Waals surface area (Å²) in [5, 5.41) is 10.0. The van der Waals surface area contributed by atoms with E-state index in [-0.39, 0.29) is 51.1 Å². The van der Waals surface area contributed by atoms with Crippen LogP contribution in [0.15, 0.2) is 41.2 Å². The Balaban J connectivity index is 1.83. The SMILES string of the molecule is C[C@H]1CC[C@@H](c2nc3cccc(Cl)c3c(=O)n2-c2cc(F)cc(F)c2)N1c1nc(N)nc(N)c1C#N. The van der Waals surface area contributed by atoms with E-state index < -0.39 is 23.2 Å². The molecule has 0 spiro atoms. The van der Waals surface area contributed by atoms with Gasteiger partial charge >= 0.3 is 0 Å². The molecule has 0 radical (unpaired) electrons. The van der Waals surface area contributed by atoms with Gasteiger partial charge in [-0.1, -0.05) is 17.7 Å². The first-order valence-corrected chi connectivity index (χ1v) is 11.4. The molecule has 4 N–H and O–H groups in total. The first-order valence-electron chi connectivity index (χ1n) is 11.0. The number of halogens is 3. The van der Waals surface area contributed by atoms with Crippen LogP contribution in [0.2, 0.25) is 5.02 Å². The number of hydrogen-bond donors (Lipinski definition) is 2. The Labute approximate surface area is 208 Å². The lowest BCUT2D eigenvalue weighted by molar-refractivity contribution is 0.576. The Morgan fingerprint density at radius 2 is 1.83 bits per heavy atom. The smallest absolute Gasteiger partial charge is 0.267 e. The van der Waals surface area contributed by atoms with E-state index in [9.17, 15) is 18.8 Å². The average molecular weight is 509 g/mol. The Morgan fingerprint density at radius 1 is 1.11 bits per heavy atom. The molecule has 2 aromatic carbocycles.